The van der Waals surface area contributed by atoms with Crippen LogP contribution in [0.2, 0.25) is 0 Å². The molecule has 0 aromatic heterocycles. The Balaban J connectivity index is 2.46. The van der Waals surface area contributed by atoms with Crippen molar-refractivity contribution in [1.29, 1.82) is 0 Å². The van der Waals surface area contributed by atoms with E-state index in [-0.39, 0.29) is 5.41 Å². The zero-order valence-electron chi connectivity index (χ0n) is 8.24. The Morgan fingerprint density at radius 1 is 1.13 bits per heavy atom. The van der Waals surface area contributed by atoms with Gasteiger partial charge in [0, 0.05) is 15.6 Å². The Kier molecular flexibility index (Phi) is 3.47. The number of halogens is 2. The summed E-state index contributed by atoms with van der Waals surface area (Å²) in [4.78, 5) is 0.344. The van der Waals surface area contributed by atoms with Crippen molar-refractivity contribution in [2.24, 2.45) is 0 Å². The van der Waals surface area contributed by atoms with Gasteiger partial charge in [-0.3, -0.25) is 0 Å². The molecule has 0 heterocycles. The van der Waals surface area contributed by atoms with Crippen molar-refractivity contribution in [2.75, 3.05) is 5.33 Å². The lowest BCUT2D eigenvalue weighted by Gasteiger charge is -2.34. The Hall–Kier alpha value is -0.340. The number of allylic oxidation sites excluding steroid dienone is 4. The number of hydrogen-bond donors (Lipinski definition) is 0. The second-order valence-electron chi connectivity index (χ2n) is 3.69. The van der Waals surface area contributed by atoms with Gasteiger partial charge < -0.3 is 0 Å². The van der Waals surface area contributed by atoms with Gasteiger partial charge in [-0.2, -0.15) is 0 Å². The number of rotatable bonds is 2. The first kappa shape index (κ1) is 11.2. The zero-order chi connectivity index (χ0) is 10.7. The molecule has 2 unspecified atom stereocenters. The lowest BCUT2D eigenvalue weighted by molar-refractivity contribution is 0.636. The minimum absolute atomic E-state index is 0.0377. The van der Waals surface area contributed by atoms with Crippen molar-refractivity contribution in [3.63, 3.8) is 0 Å². The van der Waals surface area contributed by atoms with E-state index in [1.807, 2.05) is 0 Å². The average Bonchev–Trinajstić information content (AvgIpc) is 2.31. The summed E-state index contributed by atoms with van der Waals surface area (Å²) in [6, 6.07) is 10.6. The maximum absolute atomic E-state index is 3.74. The topological polar surface area (TPSA) is 0 Å². The molecule has 1 aliphatic rings. The van der Waals surface area contributed by atoms with Gasteiger partial charge >= 0.3 is 0 Å². The van der Waals surface area contributed by atoms with Crippen LogP contribution in [0.4, 0.5) is 0 Å². The van der Waals surface area contributed by atoms with Crippen LogP contribution in [-0.2, 0) is 5.41 Å². The second kappa shape index (κ2) is 4.67. The van der Waals surface area contributed by atoms with E-state index in [9.17, 15) is 0 Å². The molecule has 15 heavy (non-hydrogen) atoms. The molecule has 0 nitrogen and oxygen atoms in total. The molecule has 0 bridgehead atoms. The van der Waals surface area contributed by atoms with Crippen LogP contribution >= 0.6 is 31.9 Å². The highest BCUT2D eigenvalue weighted by Crippen LogP contribution is 2.38. The fourth-order valence-corrected chi connectivity index (χ4v) is 3.90. The van der Waals surface area contributed by atoms with E-state index in [0.29, 0.717) is 4.83 Å². The minimum atomic E-state index is 0.0377. The summed E-state index contributed by atoms with van der Waals surface area (Å²) in [7, 11) is 0. The van der Waals surface area contributed by atoms with Crippen molar-refractivity contribution in [3.8, 4) is 0 Å². The summed E-state index contributed by atoms with van der Waals surface area (Å²) in [5, 5.41) is 0.917. The van der Waals surface area contributed by atoms with Crippen molar-refractivity contribution in [2.45, 2.75) is 10.2 Å². The molecule has 2 atom stereocenters. The van der Waals surface area contributed by atoms with Crippen molar-refractivity contribution >= 4 is 31.9 Å². The van der Waals surface area contributed by atoms with Crippen LogP contribution in [0.25, 0.3) is 0 Å². The van der Waals surface area contributed by atoms with Gasteiger partial charge in [0.05, 0.1) is 0 Å². The lowest BCUT2D eigenvalue weighted by Crippen LogP contribution is -2.35. The highest BCUT2D eigenvalue weighted by Gasteiger charge is 2.35. The molecular weight excluding hydrogens is 316 g/mol. The molecule has 0 fully saturated rings. The molecule has 78 valence electrons. The van der Waals surface area contributed by atoms with Crippen LogP contribution in [0.1, 0.15) is 5.56 Å². The van der Waals surface area contributed by atoms with Crippen LogP contribution in [0.3, 0.4) is 0 Å². The number of benzene rings is 1. The van der Waals surface area contributed by atoms with Gasteiger partial charge in [-0.1, -0.05) is 86.5 Å². The Morgan fingerprint density at radius 3 is 2.47 bits per heavy atom. The first-order valence-electron chi connectivity index (χ1n) is 4.91. The van der Waals surface area contributed by atoms with Crippen LogP contribution in [0, 0.1) is 0 Å². The summed E-state index contributed by atoms with van der Waals surface area (Å²) in [5.74, 6) is 0. The van der Waals surface area contributed by atoms with E-state index in [1.165, 1.54) is 5.56 Å². The second-order valence-corrected chi connectivity index (χ2v) is 5.23. The largest absolute Gasteiger partial charge is 0.0914 e. The molecule has 0 amide bonds. The molecule has 0 radical (unpaired) electrons. The highest BCUT2D eigenvalue weighted by molar-refractivity contribution is 9.10. The molecule has 0 spiro atoms. The Morgan fingerprint density at radius 2 is 1.87 bits per heavy atom. The van der Waals surface area contributed by atoms with Crippen LogP contribution in [0.15, 0.2) is 54.6 Å². The van der Waals surface area contributed by atoms with Crippen molar-refractivity contribution in [1.82, 2.24) is 0 Å². The van der Waals surface area contributed by atoms with E-state index in [2.05, 4.69) is 86.5 Å². The number of hydrogen-bond acceptors (Lipinski definition) is 0. The standard InChI is InChI=1S/C13H12Br2/c14-10-13(9-5-4-8-12(13)15)11-6-2-1-3-7-11/h1-9,12H,10H2. The third-order valence-electron chi connectivity index (χ3n) is 2.81. The summed E-state index contributed by atoms with van der Waals surface area (Å²) < 4.78 is 0. The van der Waals surface area contributed by atoms with Gasteiger partial charge in [0.1, 0.15) is 0 Å². The van der Waals surface area contributed by atoms with Gasteiger partial charge in [0.15, 0.2) is 0 Å². The van der Waals surface area contributed by atoms with Gasteiger partial charge in [-0.25, -0.2) is 0 Å². The van der Waals surface area contributed by atoms with E-state index in [0.717, 1.165) is 5.33 Å². The quantitative estimate of drug-likeness (QED) is 0.714. The van der Waals surface area contributed by atoms with E-state index >= 15 is 0 Å². The maximum atomic E-state index is 3.74. The first-order valence-corrected chi connectivity index (χ1v) is 6.95. The van der Waals surface area contributed by atoms with Crippen LogP contribution in [0.5, 0.6) is 0 Å². The zero-order valence-corrected chi connectivity index (χ0v) is 11.4. The summed E-state index contributed by atoms with van der Waals surface area (Å²) in [6.45, 7) is 0. The fourth-order valence-electron chi connectivity index (χ4n) is 1.85. The normalized spacial score (nSPS) is 29.3. The molecule has 0 N–H and O–H groups in total. The van der Waals surface area contributed by atoms with Crippen LogP contribution < -0.4 is 0 Å². The minimum Gasteiger partial charge on any atom is -0.0914 e. The van der Waals surface area contributed by atoms with E-state index in [1.54, 1.807) is 0 Å². The Labute approximate surface area is 107 Å². The van der Waals surface area contributed by atoms with Gasteiger partial charge in [-0.15, -0.1) is 0 Å². The Bertz CT molecular complexity index is 381. The average molecular weight is 328 g/mol. The first-order chi connectivity index (χ1) is 7.29. The predicted molar refractivity (Wildman–Crippen MR) is 72.9 cm³/mol. The third kappa shape index (κ3) is 1.98. The molecule has 2 rings (SSSR count). The van der Waals surface area contributed by atoms with Crippen molar-refractivity contribution < 1.29 is 0 Å². The molecule has 1 aromatic carbocycles. The van der Waals surface area contributed by atoms with E-state index in [4.69, 9.17) is 0 Å². The fraction of sp³-hybridized carbons (Fsp3) is 0.231. The summed E-state index contributed by atoms with van der Waals surface area (Å²) >= 11 is 7.37. The summed E-state index contributed by atoms with van der Waals surface area (Å²) in [5.41, 5.74) is 1.38. The van der Waals surface area contributed by atoms with E-state index < -0.39 is 0 Å². The van der Waals surface area contributed by atoms with Gasteiger partial charge in [0.25, 0.3) is 0 Å². The van der Waals surface area contributed by atoms with Gasteiger partial charge in [-0.05, 0) is 5.56 Å². The molecular formula is C13H12Br2. The molecule has 1 aliphatic carbocycles. The lowest BCUT2D eigenvalue weighted by atomic mass is 9.77. The smallest absolute Gasteiger partial charge is 0.0468 e. The molecule has 2 heteroatoms. The molecule has 0 saturated carbocycles. The number of alkyl halides is 2. The predicted octanol–water partition coefficient (Wildman–Crippen LogP) is 4.21. The molecule has 0 saturated heterocycles. The third-order valence-corrected chi connectivity index (χ3v) is 4.86. The highest BCUT2D eigenvalue weighted by atomic mass is 79.9. The SMILES string of the molecule is BrCC1(c2ccccc2)C=CC=CC1Br. The summed E-state index contributed by atoms with van der Waals surface area (Å²) in [6.07, 6.45) is 8.65. The monoisotopic (exact) mass is 326 g/mol. The van der Waals surface area contributed by atoms with Crippen molar-refractivity contribution in [3.05, 3.63) is 60.2 Å². The van der Waals surface area contributed by atoms with Gasteiger partial charge in [0.2, 0.25) is 0 Å². The van der Waals surface area contributed by atoms with Crippen LogP contribution in [-0.4, -0.2) is 10.2 Å². The maximum Gasteiger partial charge on any atom is 0.0468 e. The molecule has 1 aromatic rings. The molecule has 0 aliphatic heterocycles.